The predicted molar refractivity (Wildman–Crippen MR) is 85.5 cm³/mol. The Morgan fingerprint density at radius 2 is 2.18 bits per heavy atom. The van der Waals surface area contributed by atoms with E-state index in [1.807, 2.05) is 20.8 Å². The zero-order valence-corrected chi connectivity index (χ0v) is 13.8. The van der Waals surface area contributed by atoms with E-state index in [-0.39, 0.29) is 12.0 Å². The van der Waals surface area contributed by atoms with Gasteiger partial charge in [0.25, 0.3) is 0 Å². The fourth-order valence-corrected chi connectivity index (χ4v) is 3.78. The SMILES string of the molecule is Cc1nc2c(s1)CCCC2CNC(=O)Nc1nc(C)c(C)o1. The molecular formula is C15H20N4O2S. The molecule has 2 aromatic rings. The predicted octanol–water partition coefficient (Wildman–Crippen LogP) is 3.30. The van der Waals surface area contributed by atoms with Crippen molar-refractivity contribution < 1.29 is 9.21 Å². The highest BCUT2D eigenvalue weighted by atomic mass is 32.1. The average Bonchev–Trinajstić information content (AvgIpc) is 2.98. The minimum absolute atomic E-state index is 0.237. The number of carbonyl (C=O) groups is 1. The number of nitrogens with zero attached hydrogens (tertiary/aromatic N) is 2. The lowest BCUT2D eigenvalue weighted by atomic mass is 9.91. The van der Waals surface area contributed by atoms with Crippen molar-refractivity contribution in [3.8, 4) is 0 Å². The van der Waals surface area contributed by atoms with E-state index < -0.39 is 0 Å². The minimum Gasteiger partial charge on any atom is -0.428 e. The van der Waals surface area contributed by atoms with Crippen molar-refractivity contribution in [2.45, 2.75) is 46.0 Å². The Balaban J connectivity index is 1.57. The fraction of sp³-hybridized carbons (Fsp3) is 0.533. The molecule has 3 rings (SSSR count). The molecule has 0 fully saturated rings. The number of fused-ring (bicyclic) bond motifs is 1. The summed E-state index contributed by atoms with van der Waals surface area (Å²) in [6, 6.07) is -0.0540. The highest BCUT2D eigenvalue weighted by Gasteiger charge is 2.24. The van der Waals surface area contributed by atoms with Crippen LogP contribution in [0, 0.1) is 20.8 Å². The monoisotopic (exact) mass is 320 g/mol. The standard InChI is InChI=1S/C15H20N4O2S/c1-8-9(2)21-15(17-8)19-14(20)16-7-11-5-4-6-12-13(11)18-10(3)22-12/h11H,4-7H2,1-3H3,(H2,16,17,19,20). The van der Waals surface area contributed by atoms with Crippen LogP contribution in [0.15, 0.2) is 4.42 Å². The zero-order chi connectivity index (χ0) is 15.7. The molecule has 0 bridgehead atoms. The van der Waals surface area contributed by atoms with Gasteiger partial charge in [0.05, 0.1) is 16.4 Å². The first-order valence-corrected chi connectivity index (χ1v) is 8.29. The van der Waals surface area contributed by atoms with E-state index in [1.54, 1.807) is 11.3 Å². The van der Waals surface area contributed by atoms with Crippen LogP contribution in [0.3, 0.4) is 0 Å². The van der Waals surface area contributed by atoms with Gasteiger partial charge in [-0.2, -0.15) is 4.98 Å². The number of urea groups is 1. The summed E-state index contributed by atoms with van der Waals surface area (Å²) in [5.74, 6) is 1.01. The molecule has 1 unspecified atom stereocenters. The first-order valence-electron chi connectivity index (χ1n) is 7.48. The van der Waals surface area contributed by atoms with Gasteiger partial charge in [-0.3, -0.25) is 5.32 Å². The van der Waals surface area contributed by atoms with Crippen molar-refractivity contribution in [1.82, 2.24) is 15.3 Å². The third-order valence-corrected chi connectivity index (χ3v) is 4.98. The maximum absolute atomic E-state index is 12.0. The first kappa shape index (κ1) is 15.0. The van der Waals surface area contributed by atoms with E-state index in [0.29, 0.717) is 18.2 Å². The van der Waals surface area contributed by atoms with E-state index in [0.717, 1.165) is 35.7 Å². The number of carbonyl (C=O) groups excluding carboxylic acids is 1. The van der Waals surface area contributed by atoms with Crippen molar-refractivity contribution >= 4 is 23.4 Å². The molecule has 0 aromatic carbocycles. The number of oxazole rings is 1. The lowest BCUT2D eigenvalue weighted by Gasteiger charge is -2.21. The third kappa shape index (κ3) is 3.14. The summed E-state index contributed by atoms with van der Waals surface area (Å²) in [5.41, 5.74) is 1.95. The van der Waals surface area contributed by atoms with Gasteiger partial charge in [0.2, 0.25) is 0 Å². The van der Waals surface area contributed by atoms with Gasteiger partial charge in [-0.1, -0.05) is 0 Å². The quantitative estimate of drug-likeness (QED) is 0.909. The third-order valence-electron chi connectivity index (χ3n) is 3.94. The molecule has 0 aliphatic heterocycles. The highest BCUT2D eigenvalue weighted by molar-refractivity contribution is 7.11. The molecule has 6 nitrogen and oxygen atoms in total. The van der Waals surface area contributed by atoms with Crippen LogP contribution in [0.1, 0.15) is 45.8 Å². The highest BCUT2D eigenvalue weighted by Crippen LogP contribution is 2.34. The molecule has 1 atom stereocenters. The number of nitrogens with one attached hydrogen (secondary N) is 2. The zero-order valence-electron chi connectivity index (χ0n) is 13.0. The molecule has 1 aliphatic carbocycles. The molecule has 22 heavy (non-hydrogen) atoms. The van der Waals surface area contributed by atoms with Gasteiger partial charge in [0.15, 0.2) is 0 Å². The van der Waals surface area contributed by atoms with Crippen LogP contribution in [-0.2, 0) is 6.42 Å². The Morgan fingerprint density at radius 3 is 2.91 bits per heavy atom. The van der Waals surface area contributed by atoms with Gasteiger partial charge in [0, 0.05) is 17.3 Å². The van der Waals surface area contributed by atoms with Crippen molar-refractivity contribution in [2.24, 2.45) is 0 Å². The summed E-state index contributed by atoms with van der Waals surface area (Å²) in [7, 11) is 0. The van der Waals surface area contributed by atoms with Gasteiger partial charge < -0.3 is 9.73 Å². The van der Waals surface area contributed by atoms with Gasteiger partial charge in [-0.25, -0.2) is 9.78 Å². The summed E-state index contributed by atoms with van der Waals surface area (Å²) < 4.78 is 5.34. The summed E-state index contributed by atoms with van der Waals surface area (Å²) in [4.78, 5) is 22.1. The maximum Gasteiger partial charge on any atom is 0.322 e. The molecule has 0 spiro atoms. The van der Waals surface area contributed by atoms with Crippen molar-refractivity contribution in [1.29, 1.82) is 0 Å². The van der Waals surface area contributed by atoms with E-state index >= 15 is 0 Å². The molecule has 7 heteroatoms. The number of amides is 2. The van der Waals surface area contributed by atoms with E-state index in [1.165, 1.54) is 4.88 Å². The maximum atomic E-state index is 12.0. The molecule has 2 N–H and O–H groups in total. The molecule has 2 amide bonds. The van der Waals surface area contributed by atoms with Crippen molar-refractivity contribution in [2.75, 3.05) is 11.9 Å². The summed E-state index contributed by atoms with van der Waals surface area (Å²) in [5, 5.41) is 6.62. The smallest absolute Gasteiger partial charge is 0.322 e. The number of thiazole rings is 1. The Hall–Kier alpha value is -1.89. The second-order valence-electron chi connectivity index (χ2n) is 5.63. The summed E-state index contributed by atoms with van der Waals surface area (Å²) in [6.45, 7) is 6.28. The molecule has 0 saturated heterocycles. The Labute approximate surface area is 133 Å². The van der Waals surface area contributed by atoms with E-state index in [2.05, 4.69) is 20.6 Å². The van der Waals surface area contributed by atoms with Crippen LogP contribution in [0.25, 0.3) is 0 Å². The van der Waals surface area contributed by atoms with Crippen molar-refractivity contribution in [3.63, 3.8) is 0 Å². The Bertz CT molecular complexity index is 672. The lowest BCUT2D eigenvalue weighted by Crippen LogP contribution is -2.33. The number of aryl methyl sites for hydroxylation is 4. The second-order valence-corrected chi connectivity index (χ2v) is 6.91. The van der Waals surface area contributed by atoms with Crippen LogP contribution in [-0.4, -0.2) is 22.5 Å². The molecule has 2 heterocycles. The minimum atomic E-state index is -0.291. The number of anilines is 1. The second kappa shape index (κ2) is 6.08. The summed E-state index contributed by atoms with van der Waals surface area (Å²) in [6.07, 6.45) is 3.33. The molecule has 0 radical (unpaired) electrons. The van der Waals surface area contributed by atoms with Gasteiger partial charge in [-0.15, -0.1) is 11.3 Å². The van der Waals surface area contributed by atoms with E-state index in [4.69, 9.17) is 4.42 Å². The molecular weight excluding hydrogens is 300 g/mol. The van der Waals surface area contributed by atoms with E-state index in [9.17, 15) is 4.79 Å². The van der Waals surface area contributed by atoms with Gasteiger partial charge >= 0.3 is 12.0 Å². The lowest BCUT2D eigenvalue weighted by molar-refractivity contribution is 0.250. The average molecular weight is 320 g/mol. The van der Waals surface area contributed by atoms with Crippen LogP contribution in [0.2, 0.25) is 0 Å². The Kier molecular flexibility index (Phi) is 4.15. The van der Waals surface area contributed by atoms with Gasteiger partial charge in [-0.05, 0) is 40.0 Å². The molecule has 2 aromatic heterocycles. The van der Waals surface area contributed by atoms with Crippen LogP contribution in [0.5, 0.6) is 0 Å². The van der Waals surface area contributed by atoms with Crippen LogP contribution >= 0.6 is 11.3 Å². The number of aromatic nitrogens is 2. The largest absolute Gasteiger partial charge is 0.428 e. The number of rotatable bonds is 3. The fourth-order valence-electron chi connectivity index (χ4n) is 2.71. The normalized spacial score (nSPS) is 17.1. The molecule has 118 valence electrons. The summed E-state index contributed by atoms with van der Waals surface area (Å²) >= 11 is 1.77. The molecule has 1 aliphatic rings. The van der Waals surface area contributed by atoms with Crippen molar-refractivity contribution in [3.05, 3.63) is 27.0 Å². The van der Waals surface area contributed by atoms with Crippen LogP contribution < -0.4 is 10.6 Å². The first-order chi connectivity index (χ1) is 10.5. The molecule has 0 saturated carbocycles. The van der Waals surface area contributed by atoms with Crippen LogP contribution in [0.4, 0.5) is 10.8 Å². The Morgan fingerprint density at radius 1 is 1.36 bits per heavy atom. The van der Waals surface area contributed by atoms with Gasteiger partial charge in [0.1, 0.15) is 5.76 Å². The topological polar surface area (TPSA) is 80.0 Å². The number of hydrogen-bond acceptors (Lipinski definition) is 5. The number of hydrogen-bond donors (Lipinski definition) is 2.